The fourth-order valence-corrected chi connectivity index (χ4v) is 1.97. The van der Waals surface area contributed by atoms with Crippen LogP contribution in [0.15, 0.2) is 30.0 Å². The number of carbonyl (C=O) groups excluding carboxylic acids is 2. The first-order valence-corrected chi connectivity index (χ1v) is 7.87. The summed E-state index contributed by atoms with van der Waals surface area (Å²) >= 11 is 0. The summed E-state index contributed by atoms with van der Waals surface area (Å²) in [4.78, 5) is 26.2. The number of ether oxygens (including phenoxy) is 2. The fraction of sp³-hybridized carbons (Fsp3) is 0.562. The Bertz CT molecular complexity index is 489. The van der Waals surface area contributed by atoms with E-state index in [1.807, 2.05) is 17.2 Å². The van der Waals surface area contributed by atoms with Crippen LogP contribution in [0.25, 0.3) is 0 Å². The molecule has 0 spiro atoms. The first-order chi connectivity index (χ1) is 11.9. The van der Waals surface area contributed by atoms with E-state index in [2.05, 4.69) is 22.6 Å². The van der Waals surface area contributed by atoms with Crippen molar-refractivity contribution < 1.29 is 19.1 Å². The SMILES string of the molecule is C=CN(/C=C\C(=NC)NC)C1CCC(COC(=O)CN)O1.CC(N)=O. The molecule has 0 saturated carbocycles. The number of esters is 1. The van der Waals surface area contributed by atoms with Crippen molar-refractivity contribution >= 4 is 17.7 Å². The largest absolute Gasteiger partial charge is 0.462 e. The van der Waals surface area contributed by atoms with Gasteiger partial charge >= 0.3 is 5.97 Å². The molecule has 1 aliphatic rings. The normalized spacial score (nSPS) is 19.8. The highest BCUT2D eigenvalue weighted by atomic mass is 16.6. The van der Waals surface area contributed by atoms with Gasteiger partial charge in [-0.05, 0) is 25.1 Å². The number of nitrogens with two attached hydrogens (primary N) is 2. The van der Waals surface area contributed by atoms with Gasteiger partial charge < -0.3 is 31.2 Å². The van der Waals surface area contributed by atoms with Gasteiger partial charge in [-0.3, -0.25) is 14.6 Å². The topological polar surface area (TPSA) is 132 Å². The van der Waals surface area contributed by atoms with Crippen LogP contribution in [0.2, 0.25) is 0 Å². The van der Waals surface area contributed by atoms with Gasteiger partial charge in [-0.15, -0.1) is 0 Å². The van der Waals surface area contributed by atoms with Gasteiger partial charge in [0.2, 0.25) is 5.91 Å². The summed E-state index contributed by atoms with van der Waals surface area (Å²) in [6, 6.07) is 0. The van der Waals surface area contributed by atoms with Gasteiger partial charge in [-0.1, -0.05) is 6.58 Å². The van der Waals surface area contributed by atoms with Gasteiger partial charge in [0.1, 0.15) is 18.7 Å². The number of amides is 1. The van der Waals surface area contributed by atoms with E-state index in [1.165, 1.54) is 6.92 Å². The van der Waals surface area contributed by atoms with Crippen LogP contribution in [-0.4, -0.2) is 62.2 Å². The molecule has 1 heterocycles. The highest BCUT2D eigenvalue weighted by Crippen LogP contribution is 2.23. The number of rotatable bonds is 7. The number of carbonyl (C=O) groups is 2. The lowest BCUT2D eigenvalue weighted by atomic mass is 10.2. The van der Waals surface area contributed by atoms with Crippen LogP contribution in [0.4, 0.5) is 0 Å². The summed E-state index contributed by atoms with van der Waals surface area (Å²) < 4.78 is 10.8. The molecule has 1 fully saturated rings. The lowest BCUT2D eigenvalue weighted by Gasteiger charge is -2.23. The smallest absolute Gasteiger partial charge is 0.319 e. The van der Waals surface area contributed by atoms with E-state index in [-0.39, 0.29) is 31.4 Å². The highest BCUT2D eigenvalue weighted by molar-refractivity contribution is 5.92. The van der Waals surface area contributed by atoms with E-state index in [0.29, 0.717) is 0 Å². The Morgan fingerprint density at radius 3 is 2.60 bits per heavy atom. The zero-order valence-corrected chi connectivity index (χ0v) is 15.1. The molecule has 0 aromatic rings. The molecular weight excluding hydrogens is 326 g/mol. The lowest BCUT2D eigenvalue weighted by molar-refractivity contribution is -0.146. The third kappa shape index (κ3) is 10.2. The summed E-state index contributed by atoms with van der Waals surface area (Å²) in [5, 5.41) is 2.96. The summed E-state index contributed by atoms with van der Waals surface area (Å²) in [6.45, 7) is 5.21. The van der Waals surface area contributed by atoms with Crippen LogP contribution >= 0.6 is 0 Å². The predicted octanol–water partition coefficient (Wildman–Crippen LogP) is -0.308. The third-order valence-corrected chi connectivity index (χ3v) is 3.13. The maximum absolute atomic E-state index is 11.0. The molecule has 1 amide bonds. The zero-order chi connectivity index (χ0) is 19.2. The Balaban J connectivity index is 0.00000129. The molecule has 0 aliphatic carbocycles. The van der Waals surface area contributed by atoms with Crippen LogP contribution in [0.3, 0.4) is 0 Å². The molecule has 0 aromatic carbocycles. The molecule has 1 aliphatic heterocycles. The second-order valence-corrected chi connectivity index (χ2v) is 5.09. The number of nitrogens with one attached hydrogen (secondary N) is 1. The number of primary amides is 1. The molecule has 1 rings (SSSR count). The maximum Gasteiger partial charge on any atom is 0.319 e. The van der Waals surface area contributed by atoms with Gasteiger partial charge in [0.15, 0.2) is 0 Å². The Morgan fingerprint density at radius 1 is 1.48 bits per heavy atom. The van der Waals surface area contributed by atoms with Crippen molar-refractivity contribution in [3.8, 4) is 0 Å². The fourth-order valence-electron chi connectivity index (χ4n) is 1.97. The van der Waals surface area contributed by atoms with E-state index in [1.54, 1.807) is 20.3 Å². The van der Waals surface area contributed by atoms with Gasteiger partial charge in [-0.25, -0.2) is 0 Å². The molecule has 5 N–H and O–H groups in total. The maximum atomic E-state index is 11.0. The van der Waals surface area contributed by atoms with Crippen LogP contribution in [0, 0.1) is 0 Å². The van der Waals surface area contributed by atoms with Crippen LogP contribution in [0.1, 0.15) is 19.8 Å². The molecule has 25 heavy (non-hydrogen) atoms. The second kappa shape index (κ2) is 13.0. The molecule has 2 unspecified atom stereocenters. The summed E-state index contributed by atoms with van der Waals surface area (Å²) in [7, 11) is 3.52. The Labute approximate surface area is 148 Å². The summed E-state index contributed by atoms with van der Waals surface area (Å²) in [5.74, 6) is 0.00798. The number of hydrogen-bond donors (Lipinski definition) is 3. The molecule has 9 heteroatoms. The highest BCUT2D eigenvalue weighted by Gasteiger charge is 2.28. The summed E-state index contributed by atoms with van der Waals surface area (Å²) in [6.07, 6.45) is 6.82. The van der Waals surface area contributed by atoms with Crippen molar-refractivity contribution in [2.45, 2.75) is 32.1 Å². The molecule has 0 aromatic heterocycles. The monoisotopic (exact) mass is 355 g/mol. The van der Waals surface area contributed by atoms with Gasteiger partial charge in [0, 0.05) is 27.2 Å². The third-order valence-electron chi connectivity index (χ3n) is 3.13. The van der Waals surface area contributed by atoms with Crippen molar-refractivity contribution in [1.82, 2.24) is 10.2 Å². The van der Waals surface area contributed by atoms with Crippen molar-refractivity contribution in [3.05, 3.63) is 25.1 Å². The van der Waals surface area contributed by atoms with Gasteiger partial charge in [0.05, 0.1) is 12.6 Å². The first-order valence-electron chi connectivity index (χ1n) is 7.87. The average molecular weight is 355 g/mol. The van der Waals surface area contributed by atoms with E-state index in [9.17, 15) is 9.59 Å². The Hall–Kier alpha value is -2.39. The number of aliphatic imine (C=N–C) groups is 1. The van der Waals surface area contributed by atoms with Crippen molar-refractivity contribution in [2.24, 2.45) is 16.5 Å². The van der Waals surface area contributed by atoms with Crippen LogP contribution in [0.5, 0.6) is 0 Å². The number of likely N-dealkylation sites (N-methyl/N-ethyl adjacent to an activating group) is 1. The number of hydrogen-bond acceptors (Lipinski definition) is 7. The standard InChI is InChI=1S/C14H24N4O3.C2H5NO/c1-4-18(8-7-12(16-2)17-3)13-6-5-11(21-13)10-20-14(19)9-15;1-2(3)4/h4,7-8,11,13H,1,5-6,9-10,15H2,2-3H3,(H,16,17);1H3,(H2,3,4)/b8-7-;. The molecule has 142 valence electrons. The van der Waals surface area contributed by atoms with E-state index in [0.717, 1.165) is 18.7 Å². The second-order valence-electron chi connectivity index (χ2n) is 5.09. The predicted molar refractivity (Wildman–Crippen MR) is 96.4 cm³/mol. The lowest BCUT2D eigenvalue weighted by Crippen LogP contribution is -2.29. The minimum Gasteiger partial charge on any atom is -0.462 e. The minimum absolute atomic E-state index is 0.107. The molecule has 2 atom stereocenters. The summed E-state index contributed by atoms with van der Waals surface area (Å²) in [5.41, 5.74) is 9.66. The molecule has 0 radical (unpaired) electrons. The Morgan fingerprint density at radius 2 is 2.12 bits per heavy atom. The quantitative estimate of drug-likeness (QED) is 0.324. The zero-order valence-electron chi connectivity index (χ0n) is 15.1. The average Bonchev–Trinajstić information content (AvgIpc) is 3.05. The van der Waals surface area contributed by atoms with Crippen molar-refractivity contribution in [3.63, 3.8) is 0 Å². The molecular formula is C16H29N5O4. The Kier molecular flexibility index (Phi) is 11.7. The minimum atomic E-state index is -0.416. The molecule has 0 bridgehead atoms. The van der Waals surface area contributed by atoms with E-state index >= 15 is 0 Å². The van der Waals surface area contributed by atoms with Gasteiger partial charge in [0.25, 0.3) is 0 Å². The molecule has 9 nitrogen and oxygen atoms in total. The molecule has 1 saturated heterocycles. The van der Waals surface area contributed by atoms with Crippen LogP contribution < -0.4 is 16.8 Å². The van der Waals surface area contributed by atoms with E-state index < -0.39 is 5.97 Å². The van der Waals surface area contributed by atoms with Crippen molar-refractivity contribution in [1.29, 1.82) is 0 Å². The number of amidine groups is 1. The van der Waals surface area contributed by atoms with E-state index in [4.69, 9.17) is 15.2 Å². The number of nitrogens with zero attached hydrogens (tertiary/aromatic N) is 2. The first kappa shape index (κ1) is 22.6. The van der Waals surface area contributed by atoms with Crippen molar-refractivity contribution in [2.75, 3.05) is 27.2 Å². The van der Waals surface area contributed by atoms with Gasteiger partial charge in [-0.2, -0.15) is 0 Å². The van der Waals surface area contributed by atoms with Crippen LogP contribution in [-0.2, 0) is 19.1 Å².